The number of aromatic nitrogens is 3. The number of carbonyl (C=O) groups excluding carboxylic acids is 2. The number of anilines is 1. The lowest BCUT2D eigenvalue weighted by Gasteiger charge is -2.38. The summed E-state index contributed by atoms with van der Waals surface area (Å²) in [4.78, 5) is 44.1. The number of alkyl halides is 3. The number of aliphatic hydroxyl groups excluding tert-OH is 1. The molecule has 2 aliphatic heterocycles. The van der Waals surface area contributed by atoms with Crippen molar-refractivity contribution in [3.8, 4) is 11.1 Å². The van der Waals surface area contributed by atoms with Gasteiger partial charge in [-0.15, -0.1) is 0 Å². The molecule has 1 spiro atoms. The molecule has 2 aromatic heterocycles. The lowest BCUT2D eigenvalue weighted by molar-refractivity contribution is -0.141. The fourth-order valence-corrected chi connectivity index (χ4v) is 6.67. The highest BCUT2D eigenvalue weighted by molar-refractivity contribution is 6.16. The van der Waals surface area contributed by atoms with Crippen molar-refractivity contribution in [1.82, 2.24) is 20.3 Å². The molecular weight excluding hydrogens is 634 g/mol. The van der Waals surface area contributed by atoms with E-state index in [0.29, 0.717) is 71.0 Å². The Hall–Kier alpha value is -4.50. The Morgan fingerprint density at radius 3 is 2.38 bits per heavy atom. The van der Waals surface area contributed by atoms with Crippen molar-refractivity contribution in [2.75, 3.05) is 25.1 Å². The molecule has 2 fully saturated rings. The summed E-state index contributed by atoms with van der Waals surface area (Å²) in [5, 5.41) is 12.9. The van der Waals surface area contributed by atoms with Crippen LogP contribution in [0.4, 0.5) is 23.2 Å². The highest BCUT2D eigenvalue weighted by atomic mass is 19.4. The second-order valence-electron chi connectivity index (χ2n) is 12.5. The van der Waals surface area contributed by atoms with E-state index in [1.807, 2.05) is 4.90 Å². The molecule has 0 radical (unpaired) electrons. The van der Waals surface area contributed by atoms with E-state index in [0.717, 1.165) is 12.5 Å². The molecule has 0 bridgehead atoms. The van der Waals surface area contributed by atoms with Crippen LogP contribution in [0.3, 0.4) is 0 Å². The van der Waals surface area contributed by atoms with Gasteiger partial charge in [-0.25, -0.2) is 19.3 Å². The molecule has 2 amide bonds. The number of methoxy groups -OCH3 is 1. The van der Waals surface area contributed by atoms with Crippen LogP contribution < -0.4 is 16.0 Å². The minimum Gasteiger partial charge on any atom is -0.380 e. The van der Waals surface area contributed by atoms with Crippen LogP contribution in [-0.4, -0.2) is 63.4 Å². The number of aliphatic imine (C=N–C) groups is 1. The summed E-state index contributed by atoms with van der Waals surface area (Å²) >= 11 is 0. The van der Waals surface area contributed by atoms with E-state index in [1.165, 1.54) is 19.2 Å². The Morgan fingerprint density at radius 2 is 1.81 bits per heavy atom. The summed E-state index contributed by atoms with van der Waals surface area (Å²) in [5.41, 5.74) is 6.46. The summed E-state index contributed by atoms with van der Waals surface area (Å²) in [6, 6.07) is 5.41. The second-order valence-corrected chi connectivity index (χ2v) is 12.5. The van der Waals surface area contributed by atoms with Crippen molar-refractivity contribution in [1.29, 1.82) is 0 Å². The van der Waals surface area contributed by atoms with Gasteiger partial charge in [0.1, 0.15) is 22.9 Å². The maximum atomic E-state index is 15.7. The van der Waals surface area contributed by atoms with Gasteiger partial charge in [0.2, 0.25) is 0 Å². The Balaban J connectivity index is 1.30. The van der Waals surface area contributed by atoms with E-state index in [9.17, 15) is 27.9 Å². The van der Waals surface area contributed by atoms with Crippen LogP contribution in [-0.2, 0) is 27.1 Å². The van der Waals surface area contributed by atoms with Crippen molar-refractivity contribution in [2.24, 2.45) is 10.7 Å². The maximum Gasteiger partial charge on any atom is 0.433 e. The highest BCUT2D eigenvalue weighted by Gasteiger charge is 2.47. The van der Waals surface area contributed by atoms with Crippen molar-refractivity contribution in [3.05, 3.63) is 69.8 Å². The molecule has 4 heterocycles. The number of hydrogen-bond donors (Lipinski definition) is 3. The lowest BCUT2D eigenvalue weighted by Crippen LogP contribution is -2.49. The number of rotatable bonds is 8. The molecule has 11 nitrogen and oxygen atoms in total. The summed E-state index contributed by atoms with van der Waals surface area (Å²) < 4.78 is 61.5. The van der Waals surface area contributed by atoms with Gasteiger partial charge in [0.25, 0.3) is 11.8 Å². The zero-order valence-electron chi connectivity index (χ0n) is 26.6. The number of aryl methyl sites for hydroxylation is 2. The molecule has 1 aromatic carbocycles. The van der Waals surface area contributed by atoms with Gasteiger partial charge in [0, 0.05) is 59.9 Å². The van der Waals surface area contributed by atoms with Gasteiger partial charge >= 0.3 is 6.18 Å². The lowest BCUT2D eigenvalue weighted by atomic mass is 9.80. The molecule has 1 saturated carbocycles. The van der Waals surface area contributed by atoms with Crippen molar-refractivity contribution >= 4 is 23.3 Å². The molecule has 1 aliphatic carbocycles. The average Bonchev–Trinajstić information content (AvgIpc) is 3.31. The monoisotopic (exact) mass is 669 g/mol. The Morgan fingerprint density at radius 1 is 1.15 bits per heavy atom. The van der Waals surface area contributed by atoms with Crippen LogP contribution in [0.2, 0.25) is 0 Å². The molecule has 6 rings (SSSR count). The van der Waals surface area contributed by atoms with E-state index in [-0.39, 0.29) is 42.9 Å². The third kappa shape index (κ3) is 6.00. The number of nitrogens with zero attached hydrogens (tertiary/aromatic N) is 5. The van der Waals surface area contributed by atoms with Crippen molar-refractivity contribution < 1.29 is 37.0 Å². The standard InChI is InChI=1S/C33H35F4N7O4/c1-16-25(17(2)40-30(39-16)27(45)28(38)46)19-13-22(34)21(15-48-3)23(14-19)44-11-9-32(10-12-44)31(47)42-29(43-32)20-7-8-24(33(35,36)37)41-26(20)18-5-4-6-18/h7-8,13-14,18,27,45H,4-6,9-12,15H2,1-3H3,(H2,38,46)(H,42,43,47)/t27-/m1/s1. The predicted octanol–water partition coefficient (Wildman–Crippen LogP) is 4.16. The van der Waals surface area contributed by atoms with Crippen LogP contribution in [0, 0.1) is 19.7 Å². The number of piperidine rings is 1. The SMILES string of the molecule is COCc1c(F)cc(-c2c(C)nc([C@H](O)C(N)=O)nc2C)cc1N1CCC2(CC1)N=C(c1ccc(C(F)(F)F)nc1C1CCC1)NC2=O. The highest BCUT2D eigenvalue weighted by Crippen LogP contribution is 2.41. The van der Waals surface area contributed by atoms with Gasteiger partial charge in [-0.05, 0) is 69.4 Å². The smallest absolute Gasteiger partial charge is 0.380 e. The van der Waals surface area contributed by atoms with Gasteiger partial charge in [0.15, 0.2) is 11.9 Å². The quantitative estimate of drug-likeness (QED) is 0.302. The van der Waals surface area contributed by atoms with Crippen molar-refractivity contribution in [3.63, 3.8) is 0 Å². The van der Waals surface area contributed by atoms with E-state index in [4.69, 9.17) is 15.5 Å². The number of nitrogens with two attached hydrogens (primary N) is 1. The van der Waals surface area contributed by atoms with Gasteiger partial charge in [-0.3, -0.25) is 14.6 Å². The first kappa shape index (κ1) is 33.4. The molecule has 48 heavy (non-hydrogen) atoms. The number of primary amides is 1. The third-order valence-corrected chi connectivity index (χ3v) is 9.43. The van der Waals surface area contributed by atoms with Crippen molar-refractivity contribution in [2.45, 2.75) is 76.3 Å². The second kappa shape index (κ2) is 12.5. The topological polar surface area (TPSA) is 156 Å². The number of hydrogen-bond acceptors (Lipinski definition) is 9. The van der Waals surface area contributed by atoms with E-state index in [1.54, 1.807) is 19.9 Å². The number of nitrogens with one attached hydrogen (secondary N) is 1. The number of aliphatic hydroxyl groups is 1. The Kier molecular flexibility index (Phi) is 8.70. The molecule has 1 saturated heterocycles. The molecule has 4 N–H and O–H groups in total. The zero-order chi connectivity index (χ0) is 34.5. The van der Waals surface area contributed by atoms with Gasteiger partial charge in [0.05, 0.1) is 12.3 Å². The van der Waals surface area contributed by atoms with Crippen LogP contribution in [0.25, 0.3) is 11.1 Å². The van der Waals surface area contributed by atoms with Crippen LogP contribution in [0.5, 0.6) is 0 Å². The largest absolute Gasteiger partial charge is 0.433 e. The number of pyridine rings is 1. The number of carbonyl (C=O) groups is 2. The van der Waals surface area contributed by atoms with Crippen LogP contribution in [0.1, 0.15) is 83.9 Å². The minimum atomic E-state index is -4.59. The van der Waals surface area contributed by atoms with Crippen LogP contribution in [0.15, 0.2) is 29.3 Å². The number of ether oxygens (including phenoxy) is 1. The third-order valence-electron chi connectivity index (χ3n) is 9.43. The summed E-state index contributed by atoms with van der Waals surface area (Å²) in [5.74, 6) is -1.92. The molecule has 15 heteroatoms. The summed E-state index contributed by atoms with van der Waals surface area (Å²) in [7, 11) is 1.46. The van der Waals surface area contributed by atoms with Gasteiger partial charge < -0.3 is 25.8 Å². The normalized spacial score (nSPS) is 18.5. The first-order valence-corrected chi connectivity index (χ1v) is 15.6. The van der Waals surface area contributed by atoms with E-state index < -0.39 is 35.2 Å². The zero-order valence-corrected chi connectivity index (χ0v) is 26.6. The first-order valence-electron chi connectivity index (χ1n) is 15.6. The molecule has 3 aliphatic rings. The fourth-order valence-electron chi connectivity index (χ4n) is 6.67. The molecular formula is C33H35F4N7O4. The molecule has 3 aromatic rings. The van der Waals surface area contributed by atoms with Gasteiger partial charge in [-0.1, -0.05) is 6.42 Å². The number of halogens is 4. The molecule has 254 valence electrons. The molecule has 0 unspecified atom stereocenters. The summed E-state index contributed by atoms with van der Waals surface area (Å²) in [6.45, 7) is 3.94. The number of benzene rings is 1. The average molecular weight is 670 g/mol. The minimum absolute atomic E-state index is 0.0189. The van der Waals surface area contributed by atoms with E-state index >= 15 is 4.39 Å². The Bertz CT molecular complexity index is 1800. The molecule has 1 atom stereocenters. The Labute approximate surface area is 273 Å². The van der Waals surface area contributed by atoms with Gasteiger partial charge in [-0.2, -0.15) is 13.2 Å². The summed E-state index contributed by atoms with van der Waals surface area (Å²) in [6.07, 6.45) is -3.42. The van der Waals surface area contributed by atoms with Crippen LogP contribution >= 0.6 is 0 Å². The number of amidine groups is 1. The fraction of sp³-hybridized carbons (Fsp3) is 0.455. The predicted molar refractivity (Wildman–Crippen MR) is 166 cm³/mol. The van der Waals surface area contributed by atoms with E-state index in [2.05, 4.69) is 20.3 Å². The maximum absolute atomic E-state index is 15.7. The first-order chi connectivity index (χ1) is 22.7. The number of amides is 2.